The second-order valence-electron chi connectivity index (χ2n) is 31.6. The van der Waals surface area contributed by atoms with E-state index in [0.29, 0.717) is 0 Å². The topological polar surface area (TPSA) is 9.86 Å². The second-order valence-corrected chi connectivity index (χ2v) is 62.1. The Morgan fingerprint density at radius 2 is 0.398 bits per heavy atom. The molecule has 0 spiro atoms. The fourth-order valence-corrected chi connectivity index (χ4v) is 20.5. The zero-order valence-corrected chi connectivity index (χ0v) is 61.5. The molecule has 0 bridgehead atoms. The first-order valence-electron chi connectivity index (χ1n) is 32.1. The first-order chi connectivity index (χ1) is 41.4. The number of hydrogen-bond acceptors (Lipinski definition) is 0. The maximum absolute atomic E-state index is 2.57. The van der Waals surface area contributed by atoms with Crippen molar-refractivity contribution >= 4 is 145 Å². The Morgan fingerprint density at radius 3 is 0.636 bits per heavy atom. The van der Waals surface area contributed by atoms with Gasteiger partial charge in [0.2, 0.25) is 0 Å². The summed E-state index contributed by atoms with van der Waals surface area (Å²) in [5, 5.41) is 19.3. The first-order valence-corrected chi connectivity index (χ1v) is 53.1. The van der Waals surface area contributed by atoms with Crippen molar-refractivity contribution in [2.75, 3.05) is 0 Å². The largest absolute Gasteiger partial charge is 0.309 e. The molecule has 11 aromatic carbocycles. The molecule has 0 aliphatic heterocycles. The lowest BCUT2D eigenvalue weighted by atomic mass is 9.85. The molecule has 88 heavy (non-hydrogen) atoms. The Balaban J connectivity index is 1.12. The summed E-state index contributed by atoms with van der Waals surface area (Å²) in [5.41, 5.74) is 17.3. The summed E-state index contributed by atoms with van der Waals surface area (Å²) < 4.78 is 5.14. The molecule has 0 aliphatic carbocycles. The van der Waals surface area contributed by atoms with Gasteiger partial charge < -0.3 is 9.13 Å². The van der Waals surface area contributed by atoms with Crippen LogP contribution in [0.1, 0.15) is 0 Å². The van der Waals surface area contributed by atoms with Crippen molar-refractivity contribution in [2.45, 2.75) is 118 Å². The molecule has 0 aliphatic rings. The zero-order chi connectivity index (χ0) is 62.4. The van der Waals surface area contributed by atoms with Crippen LogP contribution in [0.2, 0.25) is 118 Å². The van der Waals surface area contributed by atoms with Gasteiger partial charge in [0.25, 0.3) is 0 Å². The monoisotopic (exact) mass is 1240 g/mol. The summed E-state index contributed by atoms with van der Waals surface area (Å²) in [6.07, 6.45) is 0. The Morgan fingerprint density at radius 1 is 0.182 bits per heavy atom. The van der Waals surface area contributed by atoms with Crippen LogP contribution in [-0.4, -0.2) is 57.6 Å². The van der Waals surface area contributed by atoms with Crippen molar-refractivity contribution < 1.29 is 0 Å². The van der Waals surface area contributed by atoms with E-state index in [0.717, 1.165) is 0 Å². The lowest BCUT2D eigenvalue weighted by molar-refractivity contribution is 1.18. The molecule has 13 aromatic rings. The van der Waals surface area contributed by atoms with Crippen molar-refractivity contribution in [2.24, 2.45) is 0 Å². The molecular weight excluding hydrogens is 1160 g/mol. The van der Waals surface area contributed by atoms with Crippen LogP contribution >= 0.6 is 0 Å². The molecule has 8 heteroatoms. The van der Waals surface area contributed by atoms with Crippen LogP contribution in [0.15, 0.2) is 206 Å². The fourth-order valence-electron chi connectivity index (χ4n) is 13.6. The fraction of sp³-hybridized carbons (Fsp3) is 0.225. The number of rotatable bonds is 12. The number of aromatic nitrogens is 2. The van der Waals surface area contributed by atoms with Gasteiger partial charge in [-0.1, -0.05) is 307 Å². The molecule has 2 heterocycles. The summed E-state index contributed by atoms with van der Waals surface area (Å²) in [5.74, 6) is 0. The number of fused-ring (bicyclic) bond motifs is 8. The molecule has 2 nitrogen and oxygen atoms in total. The molecule has 13 rings (SSSR count). The Hall–Kier alpha value is -7.16. The van der Waals surface area contributed by atoms with Gasteiger partial charge in [-0.2, -0.15) is 0 Å². The van der Waals surface area contributed by atoms with Gasteiger partial charge in [-0.25, -0.2) is 0 Å². The average Bonchev–Trinajstić information content (AvgIpc) is 1.30. The second kappa shape index (κ2) is 21.2. The Bertz CT molecular complexity index is 4450. The molecule has 0 saturated carbocycles. The van der Waals surface area contributed by atoms with Gasteiger partial charge in [0.05, 0.1) is 70.5 Å². The lowest BCUT2D eigenvalue weighted by Crippen LogP contribution is -2.37. The van der Waals surface area contributed by atoms with E-state index in [1.807, 2.05) is 0 Å². The summed E-state index contributed by atoms with van der Waals surface area (Å²) in [6.45, 7) is 44.3. The van der Waals surface area contributed by atoms with Crippen LogP contribution in [-0.2, 0) is 0 Å². The number of hydrogen-bond donors (Lipinski definition) is 0. The zero-order valence-electron chi connectivity index (χ0n) is 55.5. The van der Waals surface area contributed by atoms with Crippen molar-refractivity contribution in [1.82, 2.24) is 9.13 Å². The minimum atomic E-state index is -1.64. The number of nitrogens with zero attached hydrogens (tertiary/aromatic N) is 2. The van der Waals surface area contributed by atoms with Crippen molar-refractivity contribution in [3.8, 4) is 55.9 Å². The van der Waals surface area contributed by atoms with E-state index in [1.54, 1.807) is 0 Å². The molecule has 0 saturated heterocycles. The highest BCUT2D eigenvalue weighted by Crippen LogP contribution is 2.47. The minimum absolute atomic E-state index is 1.18. The van der Waals surface area contributed by atoms with Crippen LogP contribution in [0.4, 0.5) is 0 Å². The minimum Gasteiger partial charge on any atom is -0.309 e. The van der Waals surface area contributed by atoms with E-state index in [4.69, 9.17) is 0 Å². The SMILES string of the molecule is C[Si](C)(C)c1ccc(-c2ccc(-c3c4ccc(-n5c6ccc([Si](C)(C)C)cc6c6cc([Si](C)(C)C)ccc65)cc4c(-c4ccc(-c5ccc([Si](C)(C)C)cc5)cc4)c4ccc(-n5c6ccc([Si](C)(C)C)cc6c6cc([Si](C)(C)C)ccc65)cc34)cc2)cc1. The van der Waals surface area contributed by atoms with E-state index in [1.165, 1.54) is 152 Å². The maximum Gasteiger partial charge on any atom is 0.0776 e. The summed E-state index contributed by atoms with van der Waals surface area (Å²) >= 11 is 0. The van der Waals surface area contributed by atoms with Gasteiger partial charge in [-0.05, 0) is 115 Å². The predicted molar refractivity (Wildman–Crippen MR) is 410 cm³/mol. The summed E-state index contributed by atoms with van der Waals surface area (Å²) in [6, 6.07) is 82.3. The molecule has 0 radical (unpaired) electrons. The van der Waals surface area contributed by atoms with Crippen LogP contribution in [0.25, 0.3) is 121 Å². The smallest absolute Gasteiger partial charge is 0.0776 e. The Labute approximate surface area is 530 Å². The van der Waals surface area contributed by atoms with Crippen LogP contribution in [0.3, 0.4) is 0 Å². The molecule has 0 unspecified atom stereocenters. The molecule has 0 atom stereocenters. The quantitative estimate of drug-likeness (QED) is 0.0852. The van der Waals surface area contributed by atoms with E-state index >= 15 is 0 Å². The van der Waals surface area contributed by atoms with Gasteiger partial charge >= 0.3 is 0 Å². The molecule has 0 amide bonds. The number of benzene rings is 11. The van der Waals surface area contributed by atoms with E-state index in [2.05, 4.69) is 333 Å². The highest BCUT2D eigenvalue weighted by atomic mass is 28.3. The van der Waals surface area contributed by atoms with Crippen molar-refractivity contribution in [1.29, 1.82) is 0 Å². The van der Waals surface area contributed by atoms with E-state index in [9.17, 15) is 0 Å². The van der Waals surface area contributed by atoms with Gasteiger partial charge in [-0.15, -0.1) is 0 Å². The van der Waals surface area contributed by atoms with Crippen LogP contribution < -0.4 is 31.1 Å². The normalized spacial score (nSPS) is 13.1. The highest BCUT2D eigenvalue weighted by Gasteiger charge is 2.27. The maximum atomic E-state index is 2.57. The molecule has 442 valence electrons. The Kier molecular flexibility index (Phi) is 14.4. The molecule has 0 N–H and O–H groups in total. The van der Waals surface area contributed by atoms with E-state index in [-0.39, 0.29) is 0 Å². The van der Waals surface area contributed by atoms with Crippen molar-refractivity contribution in [3.05, 3.63) is 206 Å². The van der Waals surface area contributed by atoms with Gasteiger partial charge in [0.1, 0.15) is 0 Å². The third kappa shape index (κ3) is 10.7. The van der Waals surface area contributed by atoms with Crippen LogP contribution in [0.5, 0.6) is 0 Å². The van der Waals surface area contributed by atoms with Gasteiger partial charge in [-0.3, -0.25) is 0 Å². The standard InChI is InChI=1S/C80H88N2Si6/c1-83(2,3)61-33-27-55(28-34-61)53-19-23-57(24-20-53)79-67-41-31-60(82-77-45-39-65(87(13,14)15)51-71(77)72-52-66(88(16,17)18)40-46-78(72)82)48-74(67)80(58-25-21-54(22-26-58)56-29-35-62(36-30-56)84(4,5)6)68-42-32-59(47-73(68)79)81-75-43-37-63(85(7,8)9)49-69(75)70-50-64(86(10,11)12)38-44-76(70)81/h19-52H,1-18H3. The summed E-state index contributed by atoms with van der Waals surface area (Å²) in [4.78, 5) is 0. The third-order valence-corrected chi connectivity index (χ3v) is 31.4. The molecule has 2 aromatic heterocycles. The average molecular weight is 1250 g/mol. The van der Waals surface area contributed by atoms with Gasteiger partial charge in [0, 0.05) is 32.9 Å². The van der Waals surface area contributed by atoms with Crippen molar-refractivity contribution in [3.63, 3.8) is 0 Å². The van der Waals surface area contributed by atoms with E-state index < -0.39 is 48.4 Å². The van der Waals surface area contributed by atoms with Crippen LogP contribution in [0, 0.1) is 0 Å². The molecule has 0 fully saturated rings. The predicted octanol–water partition coefficient (Wildman–Crippen LogP) is 20.1. The lowest BCUT2D eigenvalue weighted by Gasteiger charge is -2.21. The summed E-state index contributed by atoms with van der Waals surface area (Å²) in [7, 11) is -9.46. The highest BCUT2D eigenvalue weighted by molar-refractivity contribution is 6.91. The first kappa shape index (κ1) is 59.8. The molecular formula is C80H88N2Si6. The third-order valence-electron chi connectivity index (χ3n) is 19.1. The van der Waals surface area contributed by atoms with Gasteiger partial charge in [0.15, 0.2) is 0 Å².